The van der Waals surface area contributed by atoms with Gasteiger partial charge >= 0.3 is 0 Å². The van der Waals surface area contributed by atoms with E-state index in [4.69, 9.17) is 5.14 Å². The topological polar surface area (TPSA) is 96.6 Å². The van der Waals surface area contributed by atoms with Crippen LogP contribution in [0.4, 0.5) is 0 Å². The number of guanidine groups is 1. The lowest BCUT2D eigenvalue weighted by atomic mass is 10.3. The van der Waals surface area contributed by atoms with E-state index in [1.807, 2.05) is 0 Å². The molecule has 0 aliphatic rings. The molecule has 1 unspecified atom stereocenters. The van der Waals surface area contributed by atoms with Crippen LogP contribution in [0.5, 0.6) is 0 Å². The van der Waals surface area contributed by atoms with E-state index < -0.39 is 10.0 Å². The molecule has 0 aliphatic carbocycles. The third-order valence-corrected chi connectivity index (χ3v) is 5.09. The van der Waals surface area contributed by atoms with Crippen molar-refractivity contribution >= 4 is 27.3 Å². The Morgan fingerprint density at radius 1 is 1.53 bits per heavy atom. The molecule has 1 rings (SSSR count). The van der Waals surface area contributed by atoms with Gasteiger partial charge in [-0.1, -0.05) is 6.92 Å². The minimum absolute atomic E-state index is 0.175. The van der Waals surface area contributed by atoms with Gasteiger partial charge in [-0.2, -0.15) is 0 Å². The van der Waals surface area contributed by atoms with Crippen LogP contribution in [0.2, 0.25) is 0 Å². The van der Waals surface area contributed by atoms with E-state index in [0.717, 1.165) is 22.6 Å². The summed E-state index contributed by atoms with van der Waals surface area (Å²) >= 11 is 1.16. The molecule has 0 saturated carbocycles. The number of rotatable bonds is 5. The Hall–Kier alpha value is -1.12. The number of nitrogens with two attached hydrogens (primary N) is 1. The Balaban J connectivity index is 2.59. The van der Waals surface area contributed by atoms with Crippen molar-refractivity contribution in [3.8, 4) is 0 Å². The van der Waals surface area contributed by atoms with Crippen LogP contribution >= 0.6 is 11.3 Å². The summed E-state index contributed by atoms with van der Waals surface area (Å²) in [5.74, 6) is 0.694. The minimum Gasteiger partial charge on any atom is -0.354 e. The first-order valence-electron chi connectivity index (χ1n) is 5.95. The van der Waals surface area contributed by atoms with Gasteiger partial charge in [-0.15, -0.1) is 11.3 Å². The first-order chi connectivity index (χ1) is 8.86. The number of sulfonamides is 1. The SMILES string of the molecule is CCC(C)NC(=NC)NCc1ccc(S(N)(=O)=O)s1. The fourth-order valence-corrected chi connectivity index (χ4v) is 3.03. The number of hydrogen-bond donors (Lipinski definition) is 3. The fraction of sp³-hybridized carbons (Fsp3) is 0.545. The number of nitrogens with one attached hydrogen (secondary N) is 2. The lowest BCUT2D eigenvalue weighted by molar-refractivity contribution is 0.600. The molecule has 1 heterocycles. The molecule has 0 amide bonds. The maximum atomic E-state index is 11.2. The fourth-order valence-electron chi connectivity index (χ4n) is 1.31. The monoisotopic (exact) mass is 304 g/mol. The summed E-state index contributed by atoms with van der Waals surface area (Å²) in [5, 5.41) is 11.4. The summed E-state index contributed by atoms with van der Waals surface area (Å²) in [6.07, 6.45) is 0.995. The van der Waals surface area contributed by atoms with Gasteiger partial charge in [0.1, 0.15) is 4.21 Å². The van der Waals surface area contributed by atoms with Crippen LogP contribution in [0, 0.1) is 0 Å². The maximum Gasteiger partial charge on any atom is 0.247 e. The maximum absolute atomic E-state index is 11.2. The summed E-state index contributed by atoms with van der Waals surface area (Å²) in [4.78, 5) is 4.99. The van der Waals surface area contributed by atoms with Gasteiger partial charge in [-0.25, -0.2) is 13.6 Å². The van der Waals surface area contributed by atoms with E-state index in [-0.39, 0.29) is 4.21 Å². The van der Waals surface area contributed by atoms with Gasteiger partial charge in [0.15, 0.2) is 5.96 Å². The first kappa shape index (κ1) is 15.9. The number of aliphatic imine (C=N–C) groups is 1. The highest BCUT2D eigenvalue weighted by atomic mass is 32.2. The van der Waals surface area contributed by atoms with Crippen LogP contribution in [0.1, 0.15) is 25.1 Å². The molecule has 4 N–H and O–H groups in total. The van der Waals surface area contributed by atoms with Gasteiger partial charge in [0.05, 0.1) is 6.54 Å². The van der Waals surface area contributed by atoms with Gasteiger partial charge in [0.25, 0.3) is 0 Å². The zero-order valence-corrected chi connectivity index (χ0v) is 12.9. The predicted molar refractivity (Wildman–Crippen MR) is 78.8 cm³/mol. The highest BCUT2D eigenvalue weighted by Gasteiger charge is 2.11. The van der Waals surface area contributed by atoms with Gasteiger partial charge in [-0.05, 0) is 25.5 Å². The molecule has 19 heavy (non-hydrogen) atoms. The van der Waals surface area contributed by atoms with Crippen molar-refractivity contribution in [3.05, 3.63) is 17.0 Å². The normalized spacial score (nSPS) is 14.2. The van der Waals surface area contributed by atoms with Crippen LogP contribution in [0.25, 0.3) is 0 Å². The molecule has 1 atom stereocenters. The summed E-state index contributed by atoms with van der Waals surface area (Å²) in [5.41, 5.74) is 0. The molecule has 0 aliphatic heterocycles. The predicted octanol–water partition coefficient (Wildman–Crippen LogP) is 0.859. The van der Waals surface area contributed by atoms with Crippen molar-refractivity contribution in [2.24, 2.45) is 10.1 Å². The van der Waals surface area contributed by atoms with Crippen LogP contribution in [-0.2, 0) is 16.6 Å². The lowest BCUT2D eigenvalue weighted by Crippen LogP contribution is -2.41. The van der Waals surface area contributed by atoms with Gasteiger partial charge < -0.3 is 10.6 Å². The van der Waals surface area contributed by atoms with Crippen LogP contribution in [-0.4, -0.2) is 27.5 Å². The molecule has 0 fully saturated rings. The summed E-state index contributed by atoms with van der Waals surface area (Å²) in [6.45, 7) is 4.66. The van der Waals surface area contributed by atoms with E-state index in [9.17, 15) is 8.42 Å². The second-order valence-electron chi connectivity index (χ2n) is 4.15. The van der Waals surface area contributed by atoms with Crippen molar-refractivity contribution in [1.82, 2.24) is 10.6 Å². The molecule has 1 aromatic rings. The van der Waals surface area contributed by atoms with Gasteiger partial charge in [-0.3, -0.25) is 4.99 Å². The summed E-state index contributed by atoms with van der Waals surface area (Å²) < 4.78 is 22.5. The molecule has 0 spiro atoms. The van der Waals surface area contributed by atoms with Crippen LogP contribution < -0.4 is 15.8 Å². The average Bonchev–Trinajstić information content (AvgIpc) is 2.82. The van der Waals surface area contributed by atoms with Gasteiger partial charge in [0.2, 0.25) is 10.0 Å². The Kier molecular flexibility index (Phi) is 5.77. The highest BCUT2D eigenvalue weighted by Crippen LogP contribution is 2.19. The van der Waals surface area contributed by atoms with E-state index in [2.05, 4.69) is 29.5 Å². The molecule has 0 aromatic carbocycles. The number of thiophene rings is 1. The first-order valence-corrected chi connectivity index (χ1v) is 8.31. The standard InChI is InChI=1S/C11H20N4O2S2/c1-4-8(2)15-11(13-3)14-7-9-5-6-10(18-9)19(12,16)17/h5-6,8H,4,7H2,1-3H3,(H2,12,16,17)(H2,13,14,15). The van der Waals surface area contributed by atoms with E-state index >= 15 is 0 Å². The Morgan fingerprint density at radius 2 is 2.21 bits per heavy atom. The molecule has 6 nitrogen and oxygen atoms in total. The molecule has 1 aromatic heterocycles. The van der Waals surface area contributed by atoms with Crippen LogP contribution in [0.3, 0.4) is 0 Å². The molecular weight excluding hydrogens is 284 g/mol. The smallest absolute Gasteiger partial charge is 0.247 e. The van der Waals surface area contributed by atoms with Crippen molar-refractivity contribution in [3.63, 3.8) is 0 Å². The molecule has 0 radical (unpaired) electrons. The van der Waals surface area contributed by atoms with Crippen LogP contribution in [0.15, 0.2) is 21.3 Å². The largest absolute Gasteiger partial charge is 0.354 e. The third kappa shape index (κ3) is 5.17. The Morgan fingerprint density at radius 3 is 2.68 bits per heavy atom. The second-order valence-corrected chi connectivity index (χ2v) is 7.10. The van der Waals surface area contributed by atoms with E-state index in [0.29, 0.717) is 18.5 Å². The van der Waals surface area contributed by atoms with E-state index in [1.165, 1.54) is 6.07 Å². The molecular formula is C11H20N4O2S2. The second kappa shape index (κ2) is 6.88. The highest BCUT2D eigenvalue weighted by molar-refractivity contribution is 7.91. The average molecular weight is 304 g/mol. The van der Waals surface area contributed by atoms with Crippen molar-refractivity contribution in [2.75, 3.05) is 7.05 Å². The molecule has 8 heteroatoms. The Labute approximate surface area is 118 Å². The number of hydrogen-bond acceptors (Lipinski definition) is 4. The third-order valence-electron chi connectivity index (χ3n) is 2.57. The van der Waals surface area contributed by atoms with Crippen molar-refractivity contribution in [1.29, 1.82) is 0 Å². The zero-order valence-electron chi connectivity index (χ0n) is 11.3. The summed E-state index contributed by atoms with van der Waals surface area (Å²) in [7, 11) is -1.91. The van der Waals surface area contributed by atoms with Crippen molar-refractivity contribution in [2.45, 2.75) is 37.1 Å². The Bertz CT molecular complexity index is 537. The molecule has 0 saturated heterocycles. The van der Waals surface area contributed by atoms with E-state index in [1.54, 1.807) is 13.1 Å². The lowest BCUT2D eigenvalue weighted by Gasteiger charge is -2.15. The van der Waals surface area contributed by atoms with Gasteiger partial charge in [0, 0.05) is 18.0 Å². The quantitative estimate of drug-likeness (QED) is 0.555. The molecule has 0 bridgehead atoms. The zero-order chi connectivity index (χ0) is 14.5. The summed E-state index contributed by atoms with van der Waals surface area (Å²) in [6, 6.07) is 3.59. The molecule has 108 valence electrons. The minimum atomic E-state index is -3.60. The number of nitrogens with zero attached hydrogens (tertiary/aromatic N) is 1. The van der Waals surface area contributed by atoms with Crippen molar-refractivity contribution < 1.29 is 8.42 Å². The number of primary sulfonamides is 1.